The summed E-state index contributed by atoms with van der Waals surface area (Å²) >= 11 is 0. The van der Waals surface area contributed by atoms with Crippen molar-refractivity contribution in [2.45, 2.75) is 36.8 Å². The van der Waals surface area contributed by atoms with Crippen LogP contribution in [0.4, 0.5) is 18.9 Å². The molecule has 1 aromatic heterocycles. The van der Waals surface area contributed by atoms with Crippen molar-refractivity contribution in [2.75, 3.05) is 11.9 Å². The highest BCUT2D eigenvalue weighted by Gasteiger charge is 2.44. The van der Waals surface area contributed by atoms with Gasteiger partial charge in [-0.15, -0.1) is 0 Å². The maximum atomic E-state index is 14.0. The van der Waals surface area contributed by atoms with Crippen LogP contribution in [0, 0.1) is 0 Å². The zero-order valence-corrected chi connectivity index (χ0v) is 16.9. The summed E-state index contributed by atoms with van der Waals surface area (Å²) in [5, 5.41) is 41.8. The molecule has 0 radical (unpaired) electrons. The molecule has 3 unspecified atom stereocenters. The van der Waals surface area contributed by atoms with E-state index in [-0.39, 0.29) is 22.2 Å². The van der Waals surface area contributed by atoms with Crippen LogP contribution in [0.3, 0.4) is 0 Å². The molecule has 1 fully saturated rings. The fourth-order valence-corrected chi connectivity index (χ4v) is 3.90. The molecule has 1 aliphatic heterocycles. The molecule has 11 heteroatoms. The highest BCUT2D eigenvalue weighted by Crippen LogP contribution is 2.40. The van der Waals surface area contributed by atoms with Gasteiger partial charge in [-0.05, 0) is 17.7 Å². The van der Waals surface area contributed by atoms with Crippen molar-refractivity contribution >= 4 is 16.7 Å². The summed E-state index contributed by atoms with van der Waals surface area (Å²) in [7, 11) is 0. The van der Waals surface area contributed by atoms with Crippen LogP contribution in [0.1, 0.15) is 5.56 Å². The van der Waals surface area contributed by atoms with E-state index >= 15 is 0 Å². The third kappa shape index (κ3) is 4.33. The van der Waals surface area contributed by atoms with Crippen LogP contribution in [-0.2, 0) is 10.9 Å². The second-order valence-corrected chi connectivity index (χ2v) is 7.61. The van der Waals surface area contributed by atoms with Crippen LogP contribution >= 0.6 is 0 Å². The molecular formula is C22H20F3NO7. The van der Waals surface area contributed by atoms with E-state index in [2.05, 4.69) is 5.32 Å². The minimum absolute atomic E-state index is 0.0562. The summed E-state index contributed by atoms with van der Waals surface area (Å²) in [5.74, 6) is 0. The smallest absolute Gasteiger partial charge is 0.417 e. The molecule has 0 bridgehead atoms. The van der Waals surface area contributed by atoms with Crippen molar-refractivity contribution in [2.24, 2.45) is 0 Å². The molecule has 1 saturated heterocycles. The highest BCUT2D eigenvalue weighted by molar-refractivity contribution is 5.89. The number of rotatable bonds is 4. The Bertz CT molecular complexity index is 1200. The van der Waals surface area contributed by atoms with Crippen molar-refractivity contribution in [3.8, 4) is 11.1 Å². The Morgan fingerprint density at radius 1 is 1.00 bits per heavy atom. The van der Waals surface area contributed by atoms with Crippen molar-refractivity contribution < 1.29 is 42.8 Å². The molecule has 176 valence electrons. The lowest BCUT2D eigenvalue weighted by Crippen LogP contribution is -2.61. The Labute approximate surface area is 184 Å². The van der Waals surface area contributed by atoms with Crippen LogP contribution in [-0.4, -0.2) is 57.7 Å². The molecule has 2 heterocycles. The Morgan fingerprint density at radius 2 is 1.70 bits per heavy atom. The van der Waals surface area contributed by atoms with E-state index in [9.17, 15) is 33.3 Å². The number of alkyl halides is 3. The van der Waals surface area contributed by atoms with Crippen LogP contribution in [0.2, 0.25) is 0 Å². The molecule has 4 rings (SSSR count). The van der Waals surface area contributed by atoms with E-state index in [4.69, 9.17) is 14.3 Å². The van der Waals surface area contributed by atoms with Crippen LogP contribution in [0.15, 0.2) is 57.7 Å². The quantitative estimate of drug-likeness (QED) is 0.367. The standard InChI is InChI=1S/C22H20F3NO7/c23-22(24,25)16-12-7-6-11(26-17-19(29)18(28)14(9-27)33-21(17)31)8-13(12)32-20(30)15(16)10-4-2-1-3-5-10/h1-8,14,17-19,21,26-29,31H,9H2/t14?,17?,18-,19-,21?/m1/s1. The number of aliphatic hydroxyl groups excluding tert-OH is 4. The van der Waals surface area contributed by atoms with Gasteiger partial charge in [0.15, 0.2) is 6.29 Å². The number of hydrogen-bond acceptors (Lipinski definition) is 8. The first kappa shape index (κ1) is 23.2. The van der Waals surface area contributed by atoms with Gasteiger partial charge in [0.25, 0.3) is 0 Å². The van der Waals surface area contributed by atoms with E-state index in [0.717, 1.165) is 12.1 Å². The third-order valence-corrected chi connectivity index (χ3v) is 5.49. The second kappa shape index (κ2) is 8.76. The molecule has 0 spiro atoms. The molecule has 5 atom stereocenters. The SMILES string of the molecule is O=c1oc2cc(NC3C(O)OC(CO)[C@@H](O)[C@@H]3O)ccc2c(C(F)(F)F)c1-c1ccccc1. The van der Waals surface area contributed by atoms with Gasteiger partial charge in [-0.3, -0.25) is 0 Å². The Hall–Kier alpha value is -2.96. The average molecular weight is 467 g/mol. The molecule has 2 aromatic carbocycles. The number of ether oxygens (including phenoxy) is 1. The van der Waals surface area contributed by atoms with Gasteiger partial charge in [0, 0.05) is 17.1 Å². The van der Waals surface area contributed by atoms with E-state index < -0.39 is 60.2 Å². The number of anilines is 1. The first-order valence-corrected chi connectivity index (χ1v) is 9.92. The van der Waals surface area contributed by atoms with Crippen molar-refractivity contribution in [1.29, 1.82) is 0 Å². The minimum atomic E-state index is -4.86. The number of aliphatic hydroxyl groups is 4. The second-order valence-electron chi connectivity index (χ2n) is 7.61. The van der Waals surface area contributed by atoms with Gasteiger partial charge in [-0.1, -0.05) is 30.3 Å². The summed E-state index contributed by atoms with van der Waals surface area (Å²) < 4.78 is 52.3. The average Bonchev–Trinajstić information content (AvgIpc) is 2.78. The molecule has 0 aliphatic carbocycles. The van der Waals surface area contributed by atoms with Gasteiger partial charge in [0.05, 0.1) is 17.7 Å². The summed E-state index contributed by atoms with van der Waals surface area (Å²) in [6.45, 7) is -0.646. The zero-order valence-electron chi connectivity index (χ0n) is 16.9. The molecule has 3 aromatic rings. The van der Waals surface area contributed by atoms with E-state index in [0.29, 0.717) is 0 Å². The lowest BCUT2D eigenvalue weighted by Gasteiger charge is -2.40. The summed E-state index contributed by atoms with van der Waals surface area (Å²) in [6.07, 6.45) is -10.8. The number of nitrogens with one attached hydrogen (secondary N) is 1. The Morgan fingerprint density at radius 3 is 2.33 bits per heavy atom. The topological polar surface area (TPSA) is 132 Å². The van der Waals surface area contributed by atoms with Gasteiger partial charge in [0.1, 0.15) is 29.9 Å². The molecule has 8 nitrogen and oxygen atoms in total. The maximum Gasteiger partial charge on any atom is 0.417 e. The van der Waals surface area contributed by atoms with Crippen LogP contribution in [0.5, 0.6) is 0 Å². The lowest BCUT2D eigenvalue weighted by molar-refractivity contribution is -0.245. The Balaban J connectivity index is 1.77. The summed E-state index contributed by atoms with van der Waals surface area (Å²) in [6, 6.07) is 9.55. The third-order valence-electron chi connectivity index (χ3n) is 5.49. The van der Waals surface area contributed by atoms with E-state index in [1.54, 1.807) is 6.07 Å². The maximum absolute atomic E-state index is 14.0. The van der Waals surface area contributed by atoms with Gasteiger partial charge in [0.2, 0.25) is 0 Å². The largest absolute Gasteiger partial charge is 0.422 e. The minimum Gasteiger partial charge on any atom is -0.422 e. The number of fused-ring (bicyclic) bond motifs is 1. The summed E-state index contributed by atoms with van der Waals surface area (Å²) in [4.78, 5) is 12.6. The van der Waals surface area contributed by atoms with Crippen LogP contribution < -0.4 is 10.9 Å². The predicted octanol–water partition coefficient (Wildman–Crippen LogP) is 1.69. The fourth-order valence-electron chi connectivity index (χ4n) is 3.90. The molecule has 0 saturated carbocycles. The zero-order chi connectivity index (χ0) is 23.9. The Kier molecular flexibility index (Phi) is 6.16. The fraction of sp³-hybridized carbons (Fsp3) is 0.318. The lowest BCUT2D eigenvalue weighted by atomic mass is 9.96. The first-order chi connectivity index (χ1) is 15.6. The number of halogens is 3. The molecular weight excluding hydrogens is 447 g/mol. The van der Waals surface area contributed by atoms with Gasteiger partial charge in [-0.2, -0.15) is 13.2 Å². The first-order valence-electron chi connectivity index (χ1n) is 9.92. The van der Waals surface area contributed by atoms with Gasteiger partial charge < -0.3 is 34.9 Å². The van der Waals surface area contributed by atoms with E-state index in [1.807, 2.05) is 0 Å². The summed E-state index contributed by atoms with van der Waals surface area (Å²) in [5.41, 5.74) is -3.16. The molecule has 1 aliphatic rings. The molecule has 0 amide bonds. The number of hydrogen-bond donors (Lipinski definition) is 5. The highest BCUT2D eigenvalue weighted by atomic mass is 19.4. The van der Waals surface area contributed by atoms with E-state index in [1.165, 1.54) is 30.3 Å². The van der Waals surface area contributed by atoms with Crippen molar-refractivity contribution in [3.63, 3.8) is 0 Å². The van der Waals surface area contributed by atoms with Gasteiger partial charge in [-0.25, -0.2) is 4.79 Å². The van der Waals surface area contributed by atoms with Crippen LogP contribution in [0.25, 0.3) is 22.1 Å². The van der Waals surface area contributed by atoms with Gasteiger partial charge >= 0.3 is 11.8 Å². The van der Waals surface area contributed by atoms with Crippen molar-refractivity contribution in [1.82, 2.24) is 0 Å². The monoisotopic (exact) mass is 467 g/mol. The molecule has 33 heavy (non-hydrogen) atoms. The molecule has 5 N–H and O–H groups in total. The number of benzene rings is 2. The normalized spacial score (nSPS) is 25.8. The predicted molar refractivity (Wildman–Crippen MR) is 110 cm³/mol. The van der Waals surface area contributed by atoms with Crippen molar-refractivity contribution in [3.05, 3.63) is 64.5 Å².